The van der Waals surface area contributed by atoms with Crippen molar-refractivity contribution >= 4 is 11.6 Å². The number of hydrogen-bond acceptors (Lipinski definition) is 4. The maximum Gasteiger partial charge on any atom is 0.137 e. The summed E-state index contributed by atoms with van der Waals surface area (Å²) in [5.74, 6) is 4.57. The third-order valence-electron chi connectivity index (χ3n) is 4.19. The van der Waals surface area contributed by atoms with Gasteiger partial charge in [-0.3, -0.25) is 0 Å². The van der Waals surface area contributed by atoms with Gasteiger partial charge in [0, 0.05) is 31.6 Å². The van der Waals surface area contributed by atoms with Crippen LogP contribution in [0.25, 0.3) is 0 Å². The van der Waals surface area contributed by atoms with Crippen LogP contribution in [0.5, 0.6) is 0 Å². The summed E-state index contributed by atoms with van der Waals surface area (Å²) in [7, 11) is 0. The number of aryl methyl sites for hydroxylation is 1. The van der Waals surface area contributed by atoms with Gasteiger partial charge in [0.25, 0.3) is 0 Å². The topological polar surface area (TPSA) is 41.1 Å². The molecule has 0 saturated carbocycles. The highest BCUT2D eigenvalue weighted by Crippen LogP contribution is 2.29. The van der Waals surface area contributed by atoms with Gasteiger partial charge in [-0.25, -0.2) is 9.97 Å². The van der Waals surface area contributed by atoms with Gasteiger partial charge in [0.2, 0.25) is 0 Å². The minimum Gasteiger partial charge on any atom is -0.370 e. The van der Waals surface area contributed by atoms with Crippen LogP contribution in [0.1, 0.15) is 51.9 Å². The van der Waals surface area contributed by atoms with Gasteiger partial charge in [0.05, 0.1) is 0 Å². The molecule has 0 amide bonds. The van der Waals surface area contributed by atoms with Crippen LogP contribution in [0, 0.1) is 18.8 Å². The van der Waals surface area contributed by atoms with Crippen LogP contribution in [-0.4, -0.2) is 29.6 Å². The highest BCUT2D eigenvalue weighted by atomic mass is 15.2. The Labute approximate surface area is 129 Å². The van der Waals surface area contributed by atoms with Crippen molar-refractivity contribution in [1.29, 1.82) is 0 Å². The van der Waals surface area contributed by atoms with E-state index in [1.54, 1.807) is 0 Å². The quantitative estimate of drug-likeness (QED) is 0.898. The summed E-state index contributed by atoms with van der Waals surface area (Å²) in [6, 6.07) is 0. The van der Waals surface area contributed by atoms with E-state index in [1.165, 1.54) is 12.0 Å². The third-order valence-corrected chi connectivity index (χ3v) is 4.19. The summed E-state index contributed by atoms with van der Waals surface area (Å²) in [6.07, 6.45) is 3.31. The molecule has 1 saturated heterocycles. The molecule has 0 aromatic carbocycles. The van der Waals surface area contributed by atoms with E-state index in [1.807, 2.05) is 0 Å². The molecule has 2 heterocycles. The summed E-state index contributed by atoms with van der Waals surface area (Å²) >= 11 is 0. The maximum atomic E-state index is 4.83. The summed E-state index contributed by atoms with van der Waals surface area (Å²) in [5.41, 5.74) is 1.20. The van der Waals surface area contributed by atoms with E-state index in [4.69, 9.17) is 4.98 Å². The summed E-state index contributed by atoms with van der Waals surface area (Å²) in [6.45, 7) is 14.3. The van der Waals surface area contributed by atoms with Gasteiger partial charge >= 0.3 is 0 Å². The van der Waals surface area contributed by atoms with E-state index in [0.29, 0.717) is 0 Å². The highest BCUT2D eigenvalue weighted by Gasteiger charge is 2.25. The number of aromatic nitrogens is 2. The number of hydrogen-bond donors (Lipinski definition) is 1. The zero-order valence-corrected chi connectivity index (χ0v) is 14.2. The van der Waals surface area contributed by atoms with E-state index >= 15 is 0 Å². The predicted octanol–water partition coefficient (Wildman–Crippen LogP) is 3.65. The van der Waals surface area contributed by atoms with Gasteiger partial charge in [-0.2, -0.15) is 0 Å². The molecular formula is C17H30N4. The smallest absolute Gasteiger partial charge is 0.137 e. The molecule has 1 fully saturated rings. The average molecular weight is 290 g/mol. The molecule has 1 aromatic heterocycles. The minimum absolute atomic E-state index is 0.736. The van der Waals surface area contributed by atoms with Crippen LogP contribution >= 0.6 is 0 Å². The molecule has 2 unspecified atom stereocenters. The Morgan fingerprint density at radius 1 is 1.14 bits per heavy atom. The van der Waals surface area contributed by atoms with Crippen molar-refractivity contribution < 1.29 is 0 Å². The third kappa shape index (κ3) is 3.86. The zero-order chi connectivity index (χ0) is 15.4. The summed E-state index contributed by atoms with van der Waals surface area (Å²) in [4.78, 5) is 12.0. The molecule has 1 aromatic rings. The Bertz CT molecular complexity index is 462. The lowest BCUT2D eigenvalue weighted by molar-refractivity contribution is 0.355. The number of nitrogens with one attached hydrogen (secondary N) is 1. The van der Waals surface area contributed by atoms with Crippen molar-refractivity contribution in [3.05, 3.63) is 11.4 Å². The zero-order valence-electron chi connectivity index (χ0n) is 14.2. The number of anilines is 2. The lowest BCUT2D eigenvalue weighted by atomic mass is 9.92. The van der Waals surface area contributed by atoms with Gasteiger partial charge in [-0.15, -0.1) is 0 Å². The van der Waals surface area contributed by atoms with Crippen molar-refractivity contribution in [2.24, 2.45) is 11.8 Å². The van der Waals surface area contributed by atoms with E-state index in [-0.39, 0.29) is 0 Å². The second-order valence-electron chi connectivity index (χ2n) is 6.57. The predicted molar refractivity (Wildman–Crippen MR) is 90.1 cm³/mol. The molecule has 2 atom stereocenters. The Kier molecular flexibility index (Phi) is 5.43. The van der Waals surface area contributed by atoms with E-state index in [9.17, 15) is 0 Å². The van der Waals surface area contributed by atoms with Gasteiger partial charge in [-0.1, -0.05) is 27.7 Å². The SMILES string of the molecule is CCCNc1nc(CC)nc(N2CC(C)CC(C)C2)c1C. The molecular weight excluding hydrogens is 260 g/mol. The van der Waals surface area contributed by atoms with Crippen LogP contribution in [-0.2, 0) is 6.42 Å². The Balaban J connectivity index is 2.32. The van der Waals surface area contributed by atoms with Gasteiger partial charge in [0.1, 0.15) is 17.5 Å². The first-order valence-corrected chi connectivity index (χ1v) is 8.41. The molecule has 0 aliphatic carbocycles. The Morgan fingerprint density at radius 2 is 1.81 bits per heavy atom. The first-order valence-electron chi connectivity index (χ1n) is 8.41. The molecule has 0 bridgehead atoms. The maximum absolute atomic E-state index is 4.83. The van der Waals surface area contributed by atoms with Crippen LogP contribution in [0.15, 0.2) is 0 Å². The number of nitrogens with zero attached hydrogens (tertiary/aromatic N) is 3. The average Bonchev–Trinajstić information content (AvgIpc) is 2.45. The summed E-state index contributed by atoms with van der Waals surface area (Å²) < 4.78 is 0. The van der Waals surface area contributed by atoms with Crippen molar-refractivity contribution in [3.8, 4) is 0 Å². The lowest BCUT2D eigenvalue weighted by Gasteiger charge is -2.36. The molecule has 2 rings (SSSR count). The molecule has 21 heavy (non-hydrogen) atoms. The van der Waals surface area contributed by atoms with Crippen LogP contribution in [0.4, 0.5) is 11.6 Å². The second-order valence-corrected chi connectivity index (χ2v) is 6.57. The minimum atomic E-state index is 0.736. The molecule has 1 N–H and O–H groups in total. The second kappa shape index (κ2) is 7.10. The monoisotopic (exact) mass is 290 g/mol. The summed E-state index contributed by atoms with van der Waals surface area (Å²) in [5, 5.41) is 3.46. The molecule has 0 spiro atoms. The fraction of sp³-hybridized carbons (Fsp3) is 0.765. The van der Waals surface area contributed by atoms with Gasteiger partial charge in [-0.05, 0) is 31.6 Å². The van der Waals surface area contributed by atoms with Crippen molar-refractivity contribution in [2.45, 2.75) is 53.9 Å². The van der Waals surface area contributed by atoms with Crippen LogP contribution in [0.2, 0.25) is 0 Å². The van der Waals surface area contributed by atoms with Crippen LogP contribution in [0.3, 0.4) is 0 Å². The molecule has 4 heteroatoms. The normalized spacial score (nSPS) is 22.4. The number of piperidine rings is 1. The van der Waals surface area contributed by atoms with Gasteiger partial charge in [0.15, 0.2) is 0 Å². The Morgan fingerprint density at radius 3 is 2.38 bits per heavy atom. The van der Waals surface area contributed by atoms with E-state index in [0.717, 1.165) is 61.8 Å². The molecule has 118 valence electrons. The van der Waals surface area contributed by atoms with E-state index < -0.39 is 0 Å². The fourth-order valence-electron chi connectivity index (χ4n) is 3.27. The van der Waals surface area contributed by atoms with Crippen molar-refractivity contribution in [3.63, 3.8) is 0 Å². The van der Waals surface area contributed by atoms with Gasteiger partial charge < -0.3 is 10.2 Å². The van der Waals surface area contributed by atoms with Crippen molar-refractivity contribution in [2.75, 3.05) is 29.9 Å². The molecule has 1 aliphatic rings. The largest absolute Gasteiger partial charge is 0.370 e. The standard InChI is InChI=1S/C17H30N4/c1-6-8-18-16-14(5)17(20-15(7-2)19-16)21-10-12(3)9-13(4)11-21/h12-13H,6-11H2,1-5H3,(H,18,19,20). The molecule has 1 aliphatic heterocycles. The molecule has 0 radical (unpaired) electrons. The Hall–Kier alpha value is -1.32. The highest BCUT2D eigenvalue weighted by molar-refractivity contribution is 5.59. The molecule has 4 nitrogen and oxygen atoms in total. The van der Waals surface area contributed by atoms with Crippen molar-refractivity contribution in [1.82, 2.24) is 9.97 Å². The lowest BCUT2D eigenvalue weighted by Crippen LogP contribution is -2.39. The van der Waals surface area contributed by atoms with E-state index in [2.05, 4.69) is 49.8 Å². The first kappa shape index (κ1) is 16.1. The first-order chi connectivity index (χ1) is 10.0. The van der Waals surface area contributed by atoms with Crippen LogP contribution < -0.4 is 10.2 Å². The number of rotatable bonds is 5. The fourth-order valence-corrected chi connectivity index (χ4v) is 3.27.